The Morgan fingerprint density at radius 3 is 2.17 bits per heavy atom. The molecule has 0 aliphatic rings. The molecule has 0 amide bonds. The molecule has 1 N–H and O–H groups in total. The molecule has 0 atom stereocenters. The van der Waals surface area contributed by atoms with Crippen LogP contribution in [0.2, 0.25) is 0 Å². The summed E-state index contributed by atoms with van der Waals surface area (Å²) in [4.78, 5) is 4.31. The van der Waals surface area contributed by atoms with Crippen LogP contribution in [0, 0.1) is 0 Å². The Hall–Kier alpha value is -3.02. The Balaban J connectivity index is 2.04. The van der Waals surface area contributed by atoms with Crippen LogP contribution in [0.5, 0.6) is 17.2 Å². The molecular formula is C17H17N3O3. The van der Waals surface area contributed by atoms with E-state index in [0.29, 0.717) is 17.2 Å². The van der Waals surface area contributed by atoms with E-state index in [1.165, 1.54) is 0 Å². The smallest absolute Gasteiger partial charge is 0.203 e. The van der Waals surface area contributed by atoms with Crippen molar-refractivity contribution >= 4 is 0 Å². The van der Waals surface area contributed by atoms with Gasteiger partial charge in [0.1, 0.15) is 0 Å². The summed E-state index contributed by atoms with van der Waals surface area (Å²) >= 11 is 0. The lowest BCUT2D eigenvalue weighted by Gasteiger charge is -2.13. The van der Waals surface area contributed by atoms with E-state index in [4.69, 9.17) is 14.2 Å². The van der Waals surface area contributed by atoms with Gasteiger partial charge in [0.25, 0.3) is 0 Å². The predicted molar refractivity (Wildman–Crippen MR) is 86.9 cm³/mol. The lowest BCUT2D eigenvalue weighted by Crippen LogP contribution is -1.95. The van der Waals surface area contributed by atoms with Crippen LogP contribution in [0.3, 0.4) is 0 Å². The monoisotopic (exact) mass is 311 g/mol. The van der Waals surface area contributed by atoms with Crippen LogP contribution in [0.25, 0.3) is 22.6 Å². The molecule has 6 heteroatoms. The normalized spacial score (nSPS) is 10.4. The molecule has 0 bridgehead atoms. The van der Waals surface area contributed by atoms with Gasteiger partial charge in [0.05, 0.1) is 38.4 Å². The quantitative estimate of drug-likeness (QED) is 0.784. The van der Waals surface area contributed by atoms with Gasteiger partial charge in [0.2, 0.25) is 5.75 Å². The van der Waals surface area contributed by atoms with Gasteiger partial charge in [-0.15, -0.1) is 0 Å². The summed E-state index contributed by atoms with van der Waals surface area (Å²) in [6.45, 7) is 0. The third-order valence-corrected chi connectivity index (χ3v) is 3.48. The number of H-pyrrole nitrogens is 1. The molecule has 3 aromatic rings. The average Bonchev–Trinajstić information content (AvgIpc) is 3.11. The van der Waals surface area contributed by atoms with E-state index >= 15 is 0 Å². The fourth-order valence-electron chi connectivity index (χ4n) is 2.35. The zero-order valence-corrected chi connectivity index (χ0v) is 13.2. The average molecular weight is 311 g/mol. The van der Waals surface area contributed by atoms with Crippen LogP contribution in [-0.4, -0.2) is 36.5 Å². The number of hydrogen-bond acceptors (Lipinski definition) is 5. The zero-order valence-electron chi connectivity index (χ0n) is 13.2. The fraction of sp³-hybridized carbons (Fsp3) is 0.176. The highest BCUT2D eigenvalue weighted by atomic mass is 16.5. The van der Waals surface area contributed by atoms with Gasteiger partial charge < -0.3 is 14.2 Å². The topological polar surface area (TPSA) is 69.3 Å². The molecule has 0 unspecified atom stereocenters. The van der Waals surface area contributed by atoms with Gasteiger partial charge in [-0.05, 0) is 30.3 Å². The predicted octanol–water partition coefficient (Wildman–Crippen LogP) is 3.16. The van der Waals surface area contributed by atoms with Crippen molar-refractivity contribution in [3.05, 3.63) is 42.6 Å². The minimum absolute atomic E-state index is 0.555. The SMILES string of the molecule is COc1cc(-c2cc(-c3ccccn3)[nH]n2)cc(OC)c1OC. The van der Waals surface area contributed by atoms with E-state index in [0.717, 1.165) is 22.6 Å². The van der Waals surface area contributed by atoms with Crippen LogP contribution in [0.1, 0.15) is 0 Å². The number of hydrogen-bond donors (Lipinski definition) is 1. The molecule has 118 valence electrons. The van der Waals surface area contributed by atoms with Crippen LogP contribution in [0.4, 0.5) is 0 Å². The van der Waals surface area contributed by atoms with Gasteiger partial charge in [-0.1, -0.05) is 6.07 Å². The summed E-state index contributed by atoms with van der Waals surface area (Å²) in [5, 5.41) is 7.35. The first-order chi connectivity index (χ1) is 11.3. The number of pyridine rings is 1. The Bertz CT molecular complexity index is 775. The Labute approximate surface area is 134 Å². The van der Waals surface area contributed by atoms with Gasteiger partial charge in [-0.25, -0.2) is 0 Å². The number of nitrogens with zero attached hydrogens (tertiary/aromatic N) is 2. The summed E-state index contributed by atoms with van der Waals surface area (Å²) in [7, 11) is 4.75. The van der Waals surface area contributed by atoms with Crippen molar-refractivity contribution in [1.82, 2.24) is 15.2 Å². The van der Waals surface area contributed by atoms with Crippen molar-refractivity contribution in [2.45, 2.75) is 0 Å². The maximum Gasteiger partial charge on any atom is 0.203 e. The highest BCUT2D eigenvalue weighted by molar-refractivity contribution is 5.71. The third kappa shape index (κ3) is 2.83. The van der Waals surface area contributed by atoms with Gasteiger partial charge in [0, 0.05) is 11.8 Å². The summed E-state index contributed by atoms with van der Waals surface area (Å²) in [5.41, 5.74) is 3.30. The van der Waals surface area contributed by atoms with E-state index in [2.05, 4.69) is 15.2 Å². The second-order valence-electron chi connectivity index (χ2n) is 4.80. The van der Waals surface area contributed by atoms with E-state index in [1.54, 1.807) is 27.5 Å². The van der Waals surface area contributed by atoms with Crippen LogP contribution in [0.15, 0.2) is 42.6 Å². The first-order valence-electron chi connectivity index (χ1n) is 7.04. The molecule has 3 rings (SSSR count). The molecule has 2 heterocycles. The molecule has 2 aromatic heterocycles. The molecule has 23 heavy (non-hydrogen) atoms. The van der Waals surface area contributed by atoms with E-state index < -0.39 is 0 Å². The van der Waals surface area contributed by atoms with Gasteiger partial charge in [-0.2, -0.15) is 5.10 Å². The standard InChI is InChI=1S/C17H17N3O3/c1-21-15-8-11(9-16(22-2)17(15)23-3)13-10-14(20-19-13)12-6-4-5-7-18-12/h4-10H,1-3H3,(H,19,20). The number of aromatic amines is 1. The van der Waals surface area contributed by atoms with E-state index in [-0.39, 0.29) is 0 Å². The molecule has 0 saturated heterocycles. The number of ether oxygens (including phenoxy) is 3. The highest BCUT2D eigenvalue weighted by Crippen LogP contribution is 2.41. The summed E-state index contributed by atoms with van der Waals surface area (Å²) < 4.78 is 16.1. The second kappa shape index (κ2) is 6.39. The Morgan fingerprint density at radius 1 is 0.870 bits per heavy atom. The molecule has 6 nitrogen and oxygen atoms in total. The second-order valence-corrected chi connectivity index (χ2v) is 4.80. The van der Waals surface area contributed by atoms with Crippen LogP contribution < -0.4 is 14.2 Å². The number of benzene rings is 1. The van der Waals surface area contributed by atoms with Crippen molar-refractivity contribution in [2.24, 2.45) is 0 Å². The molecule has 1 aromatic carbocycles. The maximum absolute atomic E-state index is 5.38. The lowest BCUT2D eigenvalue weighted by molar-refractivity contribution is 0.324. The van der Waals surface area contributed by atoms with Crippen molar-refractivity contribution in [2.75, 3.05) is 21.3 Å². The van der Waals surface area contributed by atoms with E-state index in [9.17, 15) is 0 Å². The van der Waals surface area contributed by atoms with Crippen LogP contribution in [-0.2, 0) is 0 Å². The summed E-state index contributed by atoms with van der Waals surface area (Å²) in [5.74, 6) is 1.73. The molecule has 0 aliphatic heterocycles. The summed E-state index contributed by atoms with van der Waals surface area (Å²) in [6, 6.07) is 11.4. The number of nitrogens with one attached hydrogen (secondary N) is 1. The first-order valence-corrected chi connectivity index (χ1v) is 7.04. The van der Waals surface area contributed by atoms with Crippen molar-refractivity contribution in [3.63, 3.8) is 0 Å². The molecular weight excluding hydrogens is 294 g/mol. The number of methoxy groups -OCH3 is 3. The highest BCUT2D eigenvalue weighted by Gasteiger charge is 2.16. The largest absolute Gasteiger partial charge is 0.493 e. The molecule has 0 saturated carbocycles. The fourth-order valence-corrected chi connectivity index (χ4v) is 2.35. The number of rotatable bonds is 5. The van der Waals surface area contributed by atoms with Crippen molar-refractivity contribution in [1.29, 1.82) is 0 Å². The van der Waals surface area contributed by atoms with Gasteiger partial charge in [0.15, 0.2) is 11.5 Å². The van der Waals surface area contributed by atoms with Gasteiger partial charge in [-0.3, -0.25) is 10.1 Å². The summed E-state index contributed by atoms with van der Waals surface area (Å²) in [6.07, 6.45) is 1.75. The maximum atomic E-state index is 5.38. The Kier molecular flexibility index (Phi) is 4.14. The zero-order chi connectivity index (χ0) is 16.2. The number of aromatic nitrogens is 3. The minimum Gasteiger partial charge on any atom is -0.493 e. The van der Waals surface area contributed by atoms with Crippen molar-refractivity contribution in [3.8, 4) is 39.9 Å². The van der Waals surface area contributed by atoms with Gasteiger partial charge >= 0.3 is 0 Å². The lowest BCUT2D eigenvalue weighted by atomic mass is 10.1. The molecule has 0 fully saturated rings. The Morgan fingerprint density at radius 2 is 1.61 bits per heavy atom. The van der Waals surface area contributed by atoms with Crippen LogP contribution >= 0.6 is 0 Å². The van der Waals surface area contributed by atoms with Crippen molar-refractivity contribution < 1.29 is 14.2 Å². The first kappa shape index (κ1) is 14.9. The van der Waals surface area contributed by atoms with E-state index in [1.807, 2.05) is 36.4 Å². The molecule has 0 aliphatic carbocycles. The third-order valence-electron chi connectivity index (χ3n) is 3.48. The molecule has 0 radical (unpaired) electrons. The minimum atomic E-state index is 0.555. The molecule has 0 spiro atoms.